The number of hydrogen-bond acceptors (Lipinski definition) is 0. The van der Waals surface area contributed by atoms with E-state index in [4.69, 9.17) is 0 Å². The molecular formula is C57H36BrN. The Labute approximate surface area is 351 Å². The smallest absolute Gasteiger partial charge is 0.0714 e. The molecule has 276 valence electrons. The average Bonchev–Trinajstić information content (AvgIpc) is 3.78. The number of halogens is 1. The Bertz CT molecular complexity index is 3410. The summed E-state index contributed by atoms with van der Waals surface area (Å²) in [5.41, 5.74) is 15.5. The lowest BCUT2D eigenvalue weighted by atomic mass is 9.67. The highest BCUT2D eigenvalue weighted by Gasteiger charge is 2.46. The first-order valence-electron chi connectivity index (χ1n) is 20.3. The number of hydrogen-bond donors (Lipinski definition) is 0. The maximum atomic E-state index is 3.89. The van der Waals surface area contributed by atoms with Gasteiger partial charge in [0.05, 0.1) is 16.4 Å². The first-order valence-corrected chi connectivity index (χ1v) is 21.1. The molecule has 11 aromatic rings. The van der Waals surface area contributed by atoms with E-state index in [9.17, 15) is 0 Å². The summed E-state index contributed by atoms with van der Waals surface area (Å²) in [4.78, 5) is 0. The predicted octanol–water partition coefficient (Wildman–Crippen LogP) is 15.5. The molecule has 0 spiro atoms. The van der Waals surface area contributed by atoms with Crippen molar-refractivity contribution in [2.24, 2.45) is 0 Å². The molecule has 0 fully saturated rings. The van der Waals surface area contributed by atoms with E-state index in [2.05, 4.69) is 239 Å². The molecule has 0 saturated heterocycles. The molecule has 0 radical (unpaired) electrons. The van der Waals surface area contributed by atoms with Crippen LogP contribution in [0.3, 0.4) is 0 Å². The van der Waals surface area contributed by atoms with Gasteiger partial charge in [-0.25, -0.2) is 0 Å². The van der Waals surface area contributed by atoms with Crippen LogP contribution >= 0.6 is 15.9 Å². The summed E-state index contributed by atoms with van der Waals surface area (Å²) in [6.45, 7) is 0. The highest BCUT2D eigenvalue weighted by molar-refractivity contribution is 9.10. The summed E-state index contributed by atoms with van der Waals surface area (Å²) in [7, 11) is 0. The van der Waals surface area contributed by atoms with Crippen LogP contribution in [-0.4, -0.2) is 4.57 Å². The van der Waals surface area contributed by atoms with Gasteiger partial charge < -0.3 is 4.57 Å². The average molecular weight is 815 g/mol. The highest BCUT2D eigenvalue weighted by atomic mass is 79.9. The van der Waals surface area contributed by atoms with Crippen molar-refractivity contribution in [2.45, 2.75) is 5.41 Å². The summed E-state index contributed by atoms with van der Waals surface area (Å²) >= 11 is 3.89. The monoisotopic (exact) mass is 813 g/mol. The van der Waals surface area contributed by atoms with E-state index in [-0.39, 0.29) is 0 Å². The van der Waals surface area contributed by atoms with Crippen molar-refractivity contribution >= 4 is 59.3 Å². The van der Waals surface area contributed by atoms with Crippen molar-refractivity contribution in [3.63, 3.8) is 0 Å². The zero-order valence-electron chi connectivity index (χ0n) is 32.1. The van der Waals surface area contributed by atoms with Gasteiger partial charge >= 0.3 is 0 Å². The Balaban J connectivity index is 1.22. The standard InChI is InChI=1S/C57H36BrN/c58-53-30-16-14-27-47(53)42-23-9-10-24-43(42)49-36-55-56(48-28-12-11-25-44(48)49)50-33-37-17-7-8-18-38(37)34-54(50)59(55)41-31-32-46-45-26-13-15-29-51(45)57(52(46)35-41,39-19-3-1-4-20-39)40-21-5-2-6-22-40/h1-36H. The van der Waals surface area contributed by atoms with Crippen molar-refractivity contribution in [1.82, 2.24) is 4.57 Å². The van der Waals surface area contributed by atoms with Crippen LogP contribution in [0.25, 0.3) is 82.4 Å². The van der Waals surface area contributed by atoms with Crippen LogP contribution < -0.4 is 0 Å². The molecule has 12 rings (SSSR count). The quantitative estimate of drug-likeness (QED) is 0.163. The lowest BCUT2D eigenvalue weighted by molar-refractivity contribution is 0.767. The number of nitrogens with zero attached hydrogens (tertiary/aromatic N) is 1. The van der Waals surface area contributed by atoms with E-state index < -0.39 is 5.41 Å². The van der Waals surface area contributed by atoms with Gasteiger partial charge in [-0.05, 0) is 114 Å². The van der Waals surface area contributed by atoms with E-state index in [1.165, 1.54) is 99.0 Å². The first-order chi connectivity index (χ1) is 29.2. The van der Waals surface area contributed by atoms with Crippen LogP contribution in [0.15, 0.2) is 223 Å². The third-order valence-electron chi connectivity index (χ3n) is 12.7. The Kier molecular flexibility index (Phi) is 7.67. The molecule has 1 nitrogen and oxygen atoms in total. The Morgan fingerprint density at radius 1 is 0.339 bits per heavy atom. The Morgan fingerprint density at radius 3 is 1.59 bits per heavy atom. The summed E-state index contributed by atoms with van der Waals surface area (Å²) in [6, 6.07) is 80.8. The SMILES string of the molecule is Brc1ccccc1-c1ccccc1-c1cc2c(c3ccccc13)c1cc3ccccc3cc1n2-c1ccc2c(c1)C(c1ccccc1)(c1ccccc1)c1ccccc1-2. The van der Waals surface area contributed by atoms with Gasteiger partial charge in [0.25, 0.3) is 0 Å². The fourth-order valence-electron chi connectivity index (χ4n) is 10.3. The topological polar surface area (TPSA) is 4.93 Å². The molecule has 0 aliphatic heterocycles. The molecule has 59 heavy (non-hydrogen) atoms. The third-order valence-corrected chi connectivity index (χ3v) is 13.4. The predicted molar refractivity (Wildman–Crippen MR) is 252 cm³/mol. The normalized spacial score (nSPS) is 13.0. The molecule has 1 aliphatic carbocycles. The molecule has 0 unspecified atom stereocenters. The molecule has 0 N–H and O–H groups in total. The Morgan fingerprint density at radius 2 is 0.881 bits per heavy atom. The van der Waals surface area contributed by atoms with Gasteiger partial charge in [0.15, 0.2) is 0 Å². The second-order valence-electron chi connectivity index (χ2n) is 15.7. The second-order valence-corrected chi connectivity index (χ2v) is 16.6. The van der Waals surface area contributed by atoms with Crippen LogP contribution in [-0.2, 0) is 5.41 Å². The third kappa shape index (κ3) is 4.97. The number of aromatic nitrogens is 1. The maximum absolute atomic E-state index is 3.89. The zero-order chi connectivity index (χ0) is 39.1. The Hall–Kier alpha value is -7.00. The molecule has 0 saturated carbocycles. The van der Waals surface area contributed by atoms with Crippen molar-refractivity contribution in [3.05, 3.63) is 245 Å². The number of rotatable bonds is 5. The molecular weight excluding hydrogens is 779 g/mol. The van der Waals surface area contributed by atoms with E-state index >= 15 is 0 Å². The summed E-state index contributed by atoms with van der Waals surface area (Å²) < 4.78 is 3.62. The molecule has 1 heterocycles. The van der Waals surface area contributed by atoms with Crippen LogP contribution in [0.2, 0.25) is 0 Å². The molecule has 1 aromatic heterocycles. The van der Waals surface area contributed by atoms with Crippen LogP contribution in [0, 0.1) is 0 Å². The lowest BCUT2D eigenvalue weighted by Crippen LogP contribution is -2.28. The summed E-state index contributed by atoms with van der Waals surface area (Å²) in [6.07, 6.45) is 0. The van der Waals surface area contributed by atoms with Gasteiger partial charge in [-0.3, -0.25) is 0 Å². The van der Waals surface area contributed by atoms with Crippen molar-refractivity contribution in [3.8, 4) is 39.1 Å². The van der Waals surface area contributed by atoms with Gasteiger partial charge in [0.2, 0.25) is 0 Å². The fraction of sp³-hybridized carbons (Fsp3) is 0.0175. The van der Waals surface area contributed by atoms with Crippen molar-refractivity contribution in [2.75, 3.05) is 0 Å². The maximum Gasteiger partial charge on any atom is 0.0714 e. The van der Waals surface area contributed by atoms with Gasteiger partial charge in [-0.1, -0.05) is 198 Å². The number of benzene rings is 10. The minimum atomic E-state index is -0.504. The zero-order valence-corrected chi connectivity index (χ0v) is 33.7. The van der Waals surface area contributed by atoms with Crippen LogP contribution in [0.4, 0.5) is 0 Å². The second kappa shape index (κ2) is 13.3. The minimum absolute atomic E-state index is 0.504. The van der Waals surface area contributed by atoms with Gasteiger partial charge in [0, 0.05) is 20.9 Å². The van der Waals surface area contributed by atoms with E-state index in [1.807, 2.05) is 0 Å². The summed E-state index contributed by atoms with van der Waals surface area (Å²) in [5, 5.41) is 7.47. The number of fused-ring (bicyclic) bond motifs is 9. The molecule has 1 aliphatic rings. The molecule has 0 bridgehead atoms. The van der Waals surface area contributed by atoms with E-state index in [0.717, 1.165) is 10.2 Å². The molecule has 0 amide bonds. The molecule has 10 aromatic carbocycles. The summed E-state index contributed by atoms with van der Waals surface area (Å²) in [5.74, 6) is 0. The van der Waals surface area contributed by atoms with E-state index in [0.29, 0.717) is 0 Å². The minimum Gasteiger partial charge on any atom is -0.309 e. The van der Waals surface area contributed by atoms with E-state index in [1.54, 1.807) is 0 Å². The van der Waals surface area contributed by atoms with Gasteiger partial charge in [-0.2, -0.15) is 0 Å². The van der Waals surface area contributed by atoms with Gasteiger partial charge in [0.1, 0.15) is 0 Å². The fourth-order valence-corrected chi connectivity index (χ4v) is 10.8. The van der Waals surface area contributed by atoms with Crippen molar-refractivity contribution in [1.29, 1.82) is 0 Å². The largest absolute Gasteiger partial charge is 0.309 e. The van der Waals surface area contributed by atoms with Gasteiger partial charge in [-0.15, -0.1) is 0 Å². The van der Waals surface area contributed by atoms with Crippen molar-refractivity contribution < 1.29 is 0 Å². The highest BCUT2D eigenvalue weighted by Crippen LogP contribution is 2.57. The van der Waals surface area contributed by atoms with Crippen LogP contribution in [0.1, 0.15) is 22.3 Å². The lowest BCUT2D eigenvalue weighted by Gasteiger charge is -2.34. The first kappa shape index (κ1) is 34.1. The molecule has 2 heteroatoms. The van der Waals surface area contributed by atoms with Crippen LogP contribution in [0.5, 0.6) is 0 Å². The molecule has 0 atom stereocenters.